The molecule has 32 heavy (non-hydrogen) atoms. The highest BCUT2D eigenvalue weighted by Crippen LogP contribution is 2.27. The summed E-state index contributed by atoms with van der Waals surface area (Å²) in [4.78, 5) is 30.2. The van der Waals surface area contributed by atoms with Crippen LogP contribution in [0.1, 0.15) is 0 Å². The van der Waals surface area contributed by atoms with E-state index >= 15 is 0 Å². The van der Waals surface area contributed by atoms with Crippen molar-refractivity contribution < 1.29 is 18.3 Å². The summed E-state index contributed by atoms with van der Waals surface area (Å²) < 4.78 is 35.0. The molecule has 0 unspecified atom stereocenters. The summed E-state index contributed by atoms with van der Waals surface area (Å²) in [6.07, 6.45) is 3.13. The molecular formula is C23H20F2N4O3. The number of fused-ring (bicyclic) bond motifs is 1. The second kappa shape index (κ2) is 9.11. The van der Waals surface area contributed by atoms with Gasteiger partial charge in [0.2, 0.25) is 5.91 Å². The second-order valence-electron chi connectivity index (χ2n) is 7.14. The number of nitrogens with zero attached hydrogens (tertiary/aromatic N) is 3. The average molecular weight is 438 g/mol. The Morgan fingerprint density at radius 2 is 1.91 bits per heavy atom. The van der Waals surface area contributed by atoms with Crippen LogP contribution in [0.25, 0.3) is 22.2 Å². The fourth-order valence-corrected chi connectivity index (χ4v) is 3.45. The number of aromatic nitrogens is 3. The number of hydrogen-bond donors (Lipinski definition) is 1. The summed E-state index contributed by atoms with van der Waals surface area (Å²) in [5.41, 5.74) is 1.76. The number of carbonyl (C=O) groups is 1. The summed E-state index contributed by atoms with van der Waals surface area (Å²) in [6, 6.07) is 12.2. The molecule has 0 radical (unpaired) electrons. The van der Waals surface area contributed by atoms with E-state index in [1.165, 1.54) is 22.6 Å². The maximum absolute atomic E-state index is 13.9. The van der Waals surface area contributed by atoms with E-state index in [4.69, 9.17) is 4.74 Å². The van der Waals surface area contributed by atoms with Crippen molar-refractivity contribution in [3.05, 3.63) is 83.0 Å². The number of halogens is 2. The lowest BCUT2D eigenvalue weighted by Crippen LogP contribution is -2.26. The molecule has 0 aliphatic carbocycles. The van der Waals surface area contributed by atoms with Gasteiger partial charge in [-0.1, -0.05) is 30.3 Å². The average Bonchev–Trinajstić information content (AvgIpc) is 3.15. The Bertz CT molecular complexity index is 1330. The van der Waals surface area contributed by atoms with Gasteiger partial charge in [-0.15, -0.1) is 0 Å². The second-order valence-corrected chi connectivity index (χ2v) is 7.14. The Kier molecular flexibility index (Phi) is 6.09. The van der Waals surface area contributed by atoms with Gasteiger partial charge in [0.15, 0.2) is 0 Å². The smallest absolute Gasteiger partial charge is 0.277 e. The zero-order valence-corrected chi connectivity index (χ0v) is 17.2. The monoisotopic (exact) mass is 438 g/mol. The van der Waals surface area contributed by atoms with Crippen molar-refractivity contribution >= 4 is 22.6 Å². The largest absolute Gasteiger partial charge is 0.383 e. The van der Waals surface area contributed by atoms with Crippen LogP contribution in [0.2, 0.25) is 0 Å². The van der Waals surface area contributed by atoms with E-state index in [1.54, 1.807) is 6.20 Å². The number of methoxy groups -OCH3 is 1. The molecule has 2 aromatic heterocycles. The maximum atomic E-state index is 13.9. The number of amides is 1. The number of hydrogen-bond acceptors (Lipinski definition) is 4. The normalized spacial score (nSPS) is 11.1. The van der Waals surface area contributed by atoms with E-state index < -0.39 is 17.5 Å². The van der Waals surface area contributed by atoms with Crippen LogP contribution in [0.4, 0.5) is 14.5 Å². The lowest BCUT2D eigenvalue weighted by molar-refractivity contribution is -0.116. The van der Waals surface area contributed by atoms with Crippen molar-refractivity contribution in [2.24, 2.45) is 0 Å². The molecule has 0 saturated carbocycles. The molecule has 0 saturated heterocycles. The van der Waals surface area contributed by atoms with Crippen LogP contribution in [0.5, 0.6) is 0 Å². The van der Waals surface area contributed by atoms with Gasteiger partial charge in [-0.25, -0.2) is 13.8 Å². The van der Waals surface area contributed by atoms with E-state index in [0.717, 1.165) is 17.7 Å². The van der Waals surface area contributed by atoms with Crippen LogP contribution in [-0.4, -0.2) is 33.7 Å². The van der Waals surface area contributed by atoms with Crippen molar-refractivity contribution in [1.82, 2.24) is 14.1 Å². The number of ether oxygens (including phenoxy) is 1. The van der Waals surface area contributed by atoms with Crippen LogP contribution in [0.15, 0.2) is 65.8 Å². The van der Waals surface area contributed by atoms with Crippen LogP contribution in [0, 0.1) is 11.6 Å². The minimum Gasteiger partial charge on any atom is -0.383 e. The maximum Gasteiger partial charge on any atom is 0.277 e. The molecular weight excluding hydrogens is 418 g/mol. The molecule has 0 bridgehead atoms. The number of anilines is 1. The molecule has 1 amide bonds. The summed E-state index contributed by atoms with van der Waals surface area (Å²) in [5.74, 6) is -2.20. The lowest BCUT2D eigenvalue weighted by atomic mass is 10.1. The minimum absolute atomic E-state index is 0.147. The Morgan fingerprint density at radius 3 is 2.62 bits per heavy atom. The molecule has 0 aliphatic heterocycles. The standard InChI is InChI=1S/C23H20F2N4O3/c1-32-10-9-28-14-26-21-17(15-5-3-2-4-6-15)12-29(22(21)23(28)31)13-20(30)27-19-8-7-16(24)11-18(19)25/h2-8,11-12,14H,9-10,13H2,1H3,(H,27,30). The zero-order chi connectivity index (χ0) is 22.7. The molecule has 0 aliphatic rings. The van der Waals surface area contributed by atoms with Gasteiger partial charge >= 0.3 is 0 Å². The molecule has 0 atom stereocenters. The SMILES string of the molecule is COCCn1cnc2c(-c3ccccc3)cn(CC(=O)Nc3ccc(F)cc3F)c2c1=O. The Morgan fingerprint density at radius 1 is 1.12 bits per heavy atom. The van der Waals surface area contributed by atoms with E-state index in [9.17, 15) is 18.4 Å². The Balaban J connectivity index is 1.75. The van der Waals surface area contributed by atoms with Crippen molar-refractivity contribution in [3.8, 4) is 11.1 Å². The molecule has 0 spiro atoms. The van der Waals surface area contributed by atoms with E-state index in [0.29, 0.717) is 30.3 Å². The van der Waals surface area contributed by atoms with E-state index in [1.807, 2.05) is 30.3 Å². The highest BCUT2D eigenvalue weighted by atomic mass is 19.1. The van der Waals surface area contributed by atoms with Gasteiger partial charge in [-0.05, 0) is 17.7 Å². The van der Waals surface area contributed by atoms with Crippen LogP contribution in [0.3, 0.4) is 0 Å². The van der Waals surface area contributed by atoms with Crippen LogP contribution < -0.4 is 10.9 Å². The van der Waals surface area contributed by atoms with Gasteiger partial charge in [0, 0.05) is 24.9 Å². The zero-order valence-electron chi connectivity index (χ0n) is 17.2. The minimum atomic E-state index is -0.885. The van der Waals surface area contributed by atoms with Crippen molar-refractivity contribution in [1.29, 1.82) is 0 Å². The molecule has 164 valence electrons. The van der Waals surface area contributed by atoms with Gasteiger partial charge in [0.1, 0.15) is 29.2 Å². The first-order chi connectivity index (χ1) is 15.5. The first-order valence-corrected chi connectivity index (χ1v) is 9.85. The first-order valence-electron chi connectivity index (χ1n) is 9.85. The third-order valence-corrected chi connectivity index (χ3v) is 4.98. The predicted molar refractivity (Wildman–Crippen MR) is 116 cm³/mol. The highest BCUT2D eigenvalue weighted by molar-refractivity contribution is 5.95. The fraction of sp³-hybridized carbons (Fsp3) is 0.174. The third-order valence-electron chi connectivity index (χ3n) is 4.98. The molecule has 0 fully saturated rings. The Hall–Kier alpha value is -3.85. The Labute approximate surface area is 181 Å². The molecule has 4 rings (SSSR count). The molecule has 1 N–H and O–H groups in total. The number of rotatable bonds is 7. The summed E-state index contributed by atoms with van der Waals surface area (Å²) in [6.45, 7) is 0.367. The number of carbonyl (C=O) groups excluding carboxylic acids is 1. The predicted octanol–water partition coefficient (Wildman–Crippen LogP) is 3.43. The third kappa shape index (κ3) is 4.28. The molecule has 2 aromatic carbocycles. The highest BCUT2D eigenvalue weighted by Gasteiger charge is 2.18. The number of nitrogens with one attached hydrogen (secondary N) is 1. The van der Waals surface area contributed by atoms with Crippen LogP contribution in [-0.2, 0) is 22.6 Å². The topological polar surface area (TPSA) is 78.2 Å². The molecule has 2 heterocycles. The van der Waals surface area contributed by atoms with E-state index in [-0.39, 0.29) is 23.3 Å². The fourth-order valence-electron chi connectivity index (χ4n) is 3.45. The van der Waals surface area contributed by atoms with Crippen molar-refractivity contribution in [3.63, 3.8) is 0 Å². The number of benzene rings is 2. The van der Waals surface area contributed by atoms with Gasteiger partial charge in [0.25, 0.3) is 5.56 Å². The molecule has 7 nitrogen and oxygen atoms in total. The molecule has 9 heteroatoms. The first kappa shape index (κ1) is 21.4. The lowest BCUT2D eigenvalue weighted by Gasteiger charge is -2.09. The summed E-state index contributed by atoms with van der Waals surface area (Å²) in [7, 11) is 1.53. The van der Waals surface area contributed by atoms with Crippen molar-refractivity contribution in [2.45, 2.75) is 13.1 Å². The van der Waals surface area contributed by atoms with Gasteiger partial charge in [-0.2, -0.15) is 0 Å². The van der Waals surface area contributed by atoms with Crippen LogP contribution >= 0.6 is 0 Å². The quantitative estimate of drug-likeness (QED) is 0.480. The summed E-state index contributed by atoms with van der Waals surface area (Å²) >= 11 is 0. The van der Waals surface area contributed by atoms with Crippen molar-refractivity contribution in [2.75, 3.05) is 19.0 Å². The van der Waals surface area contributed by atoms with E-state index in [2.05, 4.69) is 10.3 Å². The molecule has 4 aromatic rings. The van der Waals surface area contributed by atoms with Gasteiger partial charge in [0.05, 0.1) is 25.2 Å². The van der Waals surface area contributed by atoms with Gasteiger partial charge < -0.3 is 14.6 Å². The summed E-state index contributed by atoms with van der Waals surface area (Å²) in [5, 5.41) is 2.42. The van der Waals surface area contributed by atoms with Gasteiger partial charge in [-0.3, -0.25) is 14.2 Å².